The molecule has 4 heteroatoms. The van der Waals surface area contributed by atoms with E-state index in [0.29, 0.717) is 5.92 Å². The van der Waals surface area contributed by atoms with E-state index < -0.39 is 17.0 Å². The van der Waals surface area contributed by atoms with Crippen LogP contribution in [0.2, 0.25) is 0 Å². The summed E-state index contributed by atoms with van der Waals surface area (Å²) in [6.45, 7) is 8.55. The summed E-state index contributed by atoms with van der Waals surface area (Å²) < 4.78 is 0. The van der Waals surface area contributed by atoms with Crippen molar-refractivity contribution in [1.29, 1.82) is 0 Å². The number of fused-ring (bicyclic) bond motifs is 3. The van der Waals surface area contributed by atoms with Gasteiger partial charge in [0, 0.05) is 0 Å². The lowest BCUT2D eigenvalue weighted by molar-refractivity contribution is -0.186. The molecule has 24 heavy (non-hydrogen) atoms. The summed E-state index contributed by atoms with van der Waals surface area (Å²) in [4.78, 5) is 12.0. The Balaban J connectivity index is 0.00000169. The summed E-state index contributed by atoms with van der Waals surface area (Å²) in [5.41, 5.74) is 0.128. The lowest BCUT2D eigenvalue weighted by Gasteiger charge is -2.63. The number of aliphatic carboxylic acids is 1. The Labute approximate surface area is 144 Å². The Hall–Kier alpha value is -0.870. The van der Waals surface area contributed by atoms with Crippen molar-refractivity contribution in [2.24, 2.45) is 28.1 Å². The molecular formula is C20H32O4. The van der Waals surface area contributed by atoms with Gasteiger partial charge >= 0.3 is 5.97 Å². The Kier molecular flexibility index (Phi) is 3.79. The van der Waals surface area contributed by atoms with Crippen LogP contribution >= 0.6 is 0 Å². The highest BCUT2D eigenvalue weighted by Gasteiger charge is 2.67. The smallest absolute Gasteiger partial charge is 0.309 e. The molecule has 0 radical (unpaired) electrons. The second kappa shape index (κ2) is 5.07. The quantitative estimate of drug-likeness (QED) is 0.720. The Morgan fingerprint density at radius 3 is 2.46 bits per heavy atom. The molecule has 4 saturated carbocycles. The van der Waals surface area contributed by atoms with Gasteiger partial charge in [-0.1, -0.05) is 19.9 Å². The molecule has 4 fully saturated rings. The Morgan fingerprint density at radius 2 is 1.79 bits per heavy atom. The molecule has 0 saturated heterocycles. The van der Waals surface area contributed by atoms with Gasteiger partial charge in [-0.3, -0.25) is 4.79 Å². The molecule has 4 nitrogen and oxygen atoms in total. The van der Waals surface area contributed by atoms with Gasteiger partial charge in [0.15, 0.2) is 0 Å². The monoisotopic (exact) mass is 336 g/mol. The Bertz CT molecular complexity index is 586. The Morgan fingerprint density at radius 1 is 1.12 bits per heavy atom. The van der Waals surface area contributed by atoms with E-state index in [2.05, 4.69) is 13.5 Å². The fraction of sp³-hybridized carbons (Fsp3) is 0.850. The number of carboxylic acids is 1. The van der Waals surface area contributed by atoms with Crippen LogP contribution in [0.1, 0.15) is 71.6 Å². The van der Waals surface area contributed by atoms with E-state index in [1.165, 1.54) is 0 Å². The van der Waals surface area contributed by atoms with Crippen molar-refractivity contribution in [2.75, 3.05) is 0 Å². The van der Waals surface area contributed by atoms with Crippen LogP contribution in [0.15, 0.2) is 12.2 Å². The molecular weight excluding hydrogens is 304 g/mol. The van der Waals surface area contributed by atoms with Gasteiger partial charge < -0.3 is 15.7 Å². The summed E-state index contributed by atoms with van der Waals surface area (Å²) in [6, 6.07) is 0. The van der Waals surface area contributed by atoms with Gasteiger partial charge in [-0.25, -0.2) is 0 Å². The first-order valence-corrected chi connectivity index (χ1v) is 9.30. The predicted molar refractivity (Wildman–Crippen MR) is 92.5 cm³/mol. The van der Waals surface area contributed by atoms with Crippen molar-refractivity contribution < 1.29 is 20.5 Å². The molecule has 0 heterocycles. The van der Waals surface area contributed by atoms with Crippen LogP contribution < -0.4 is 0 Å². The van der Waals surface area contributed by atoms with Crippen molar-refractivity contribution in [2.45, 2.75) is 77.2 Å². The molecule has 0 aromatic carbocycles. The molecule has 4 N–H and O–H groups in total. The molecule has 4 aliphatic rings. The molecule has 1 spiro atoms. The first kappa shape index (κ1) is 17.9. The molecule has 0 aromatic rings. The van der Waals surface area contributed by atoms with E-state index in [0.717, 1.165) is 63.4 Å². The van der Waals surface area contributed by atoms with E-state index in [1.54, 1.807) is 0 Å². The molecule has 0 aromatic heterocycles. The third-order valence-corrected chi connectivity index (χ3v) is 8.65. The predicted octanol–water partition coefficient (Wildman–Crippen LogP) is 3.33. The summed E-state index contributed by atoms with van der Waals surface area (Å²) in [5.74, 6) is 0.219. The number of carboxylic acid groups (broad SMARTS) is 1. The van der Waals surface area contributed by atoms with Crippen LogP contribution in [-0.2, 0) is 4.79 Å². The SMILES string of the molecule is C=C1C[C@@]23CC[C@H]4[C@@](C)(CCC[C@@]4(C)C(=O)O)[C@@H]2CC[C@]1(O)C3.O. The fourth-order valence-electron chi connectivity index (χ4n) is 7.61. The van der Waals surface area contributed by atoms with Crippen LogP contribution in [0.4, 0.5) is 0 Å². The van der Waals surface area contributed by atoms with Crippen molar-refractivity contribution in [3.05, 3.63) is 12.2 Å². The highest BCUT2D eigenvalue weighted by atomic mass is 16.4. The minimum atomic E-state index is -0.634. The molecule has 0 amide bonds. The molecule has 0 unspecified atom stereocenters. The first-order valence-electron chi connectivity index (χ1n) is 9.30. The second-order valence-corrected chi connectivity index (χ2v) is 9.62. The van der Waals surface area contributed by atoms with Gasteiger partial charge in [0.25, 0.3) is 0 Å². The zero-order valence-corrected chi connectivity index (χ0v) is 15.0. The minimum Gasteiger partial charge on any atom is -0.481 e. The van der Waals surface area contributed by atoms with Crippen molar-refractivity contribution in [1.82, 2.24) is 0 Å². The average molecular weight is 336 g/mol. The zero-order valence-electron chi connectivity index (χ0n) is 15.0. The molecule has 4 aliphatic carbocycles. The van der Waals surface area contributed by atoms with Gasteiger partial charge in [0.05, 0.1) is 11.0 Å². The third-order valence-electron chi connectivity index (χ3n) is 8.65. The number of aliphatic hydroxyl groups is 1. The largest absolute Gasteiger partial charge is 0.481 e. The fourth-order valence-corrected chi connectivity index (χ4v) is 7.61. The number of carbonyl (C=O) groups is 1. The highest BCUT2D eigenvalue weighted by molar-refractivity contribution is 5.75. The normalized spacial score (nSPS) is 52.9. The lowest BCUT2D eigenvalue weighted by atomic mass is 9.41. The third kappa shape index (κ3) is 1.96. The summed E-state index contributed by atoms with van der Waals surface area (Å²) in [7, 11) is 0. The maximum Gasteiger partial charge on any atom is 0.309 e. The van der Waals surface area contributed by atoms with Crippen molar-refractivity contribution >= 4 is 5.97 Å². The summed E-state index contributed by atoms with van der Waals surface area (Å²) in [6.07, 6.45) is 8.75. The standard InChI is InChI=1S/C20H30O3.H2O/c1-13-11-19-9-5-14-17(2,7-4-8-18(14,3)16(21)22)15(19)6-10-20(13,23)12-19;/h14-15,23H,1,4-12H2,2-3H3,(H,21,22);1H2/t14-,15-,17+,18+,19+,20-;/m0./s1. The number of rotatable bonds is 1. The maximum atomic E-state index is 12.0. The van der Waals surface area contributed by atoms with Crippen LogP contribution in [0, 0.1) is 28.1 Å². The van der Waals surface area contributed by atoms with Gasteiger partial charge in [-0.2, -0.15) is 0 Å². The van der Waals surface area contributed by atoms with Crippen LogP contribution in [-0.4, -0.2) is 27.3 Å². The summed E-state index contributed by atoms with van der Waals surface area (Å²) in [5, 5.41) is 20.8. The maximum absolute atomic E-state index is 12.0. The van der Waals surface area contributed by atoms with E-state index in [-0.39, 0.29) is 22.2 Å². The second-order valence-electron chi connectivity index (χ2n) is 9.62. The molecule has 6 atom stereocenters. The van der Waals surface area contributed by atoms with E-state index in [9.17, 15) is 15.0 Å². The lowest BCUT2D eigenvalue weighted by Crippen LogP contribution is -2.59. The molecule has 2 bridgehead atoms. The van der Waals surface area contributed by atoms with Gasteiger partial charge in [0.1, 0.15) is 0 Å². The molecule has 4 rings (SSSR count). The van der Waals surface area contributed by atoms with E-state index in [1.807, 2.05) is 6.92 Å². The zero-order chi connectivity index (χ0) is 16.7. The minimum absolute atomic E-state index is 0. The molecule has 136 valence electrons. The highest BCUT2D eigenvalue weighted by Crippen LogP contribution is 2.72. The molecule has 0 aliphatic heterocycles. The summed E-state index contributed by atoms with van der Waals surface area (Å²) >= 11 is 0. The van der Waals surface area contributed by atoms with E-state index >= 15 is 0 Å². The van der Waals surface area contributed by atoms with Crippen molar-refractivity contribution in [3.8, 4) is 0 Å². The van der Waals surface area contributed by atoms with Gasteiger partial charge in [-0.15, -0.1) is 0 Å². The van der Waals surface area contributed by atoms with E-state index in [4.69, 9.17) is 0 Å². The topological polar surface area (TPSA) is 89.0 Å². The van der Waals surface area contributed by atoms with Gasteiger partial charge in [-0.05, 0) is 86.5 Å². The number of hydrogen-bond acceptors (Lipinski definition) is 2. The van der Waals surface area contributed by atoms with Crippen LogP contribution in [0.25, 0.3) is 0 Å². The average Bonchev–Trinajstić information content (AvgIpc) is 2.63. The van der Waals surface area contributed by atoms with Crippen molar-refractivity contribution in [3.63, 3.8) is 0 Å². The van der Waals surface area contributed by atoms with Crippen LogP contribution in [0.3, 0.4) is 0 Å². The number of hydrogen-bond donors (Lipinski definition) is 2. The van der Waals surface area contributed by atoms with Gasteiger partial charge in [0.2, 0.25) is 0 Å². The first-order chi connectivity index (χ1) is 10.7. The van der Waals surface area contributed by atoms with Crippen LogP contribution in [0.5, 0.6) is 0 Å².